The molecule has 34 heavy (non-hydrogen) atoms. The maximum Gasteiger partial charge on any atom is 0.0782 e. The minimum absolute atomic E-state index is 0.858. The maximum atomic E-state index is 9.97. The zero-order valence-corrected chi connectivity index (χ0v) is 23.0. The highest BCUT2D eigenvalue weighted by Gasteiger charge is 2.13. The summed E-state index contributed by atoms with van der Waals surface area (Å²) in [5.41, 5.74) is 0.858. The SMILES string of the molecule is CCCCCCCCCC[N+](C)(C)CCCCCCCCCC.O=C([O-])/C=C/c1ccccc1. The van der Waals surface area contributed by atoms with E-state index >= 15 is 0 Å². The molecule has 196 valence electrons. The van der Waals surface area contributed by atoms with Crippen LogP contribution in [-0.2, 0) is 4.79 Å². The Morgan fingerprint density at radius 1 is 0.676 bits per heavy atom. The van der Waals surface area contributed by atoms with Crippen molar-refractivity contribution < 1.29 is 14.4 Å². The number of carbonyl (C=O) groups excluding carboxylic acids is 1. The van der Waals surface area contributed by atoms with Crippen LogP contribution in [-0.4, -0.2) is 37.6 Å². The topological polar surface area (TPSA) is 40.1 Å². The Morgan fingerprint density at radius 3 is 1.44 bits per heavy atom. The molecule has 1 aromatic carbocycles. The molecule has 0 aliphatic rings. The third-order valence-corrected chi connectivity index (χ3v) is 6.45. The Bertz CT molecular complexity index is 573. The van der Waals surface area contributed by atoms with Crippen molar-refractivity contribution >= 4 is 12.0 Å². The molecule has 1 aromatic rings. The zero-order chi connectivity index (χ0) is 25.3. The fraction of sp³-hybridized carbons (Fsp3) is 0.710. The van der Waals surface area contributed by atoms with Gasteiger partial charge in [-0.05, 0) is 37.3 Å². The Morgan fingerprint density at radius 2 is 1.06 bits per heavy atom. The molecule has 3 nitrogen and oxygen atoms in total. The summed E-state index contributed by atoms with van der Waals surface area (Å²) in [5.74, 6) is -1.17. The summed E-state index contributed by atoms with van der Waals surface area (Å²) in [6.45, 7) is 7.36. The molecule has 0 atom stereocenters. The molecule has 0 fully saturated rings. The molecular formula is C31H55NO2. The second-order valence-electron chi connectivity index (χ2n) is 10.4. The molecule has 0 saturated heterocycles. The van der Waals surface area contributed by atoms with Crippen molar-refractivity contribution in [1.29, 1.82) is 0 Å². The lowest BCUT2D eigenvalue weighted by atomic mass is 10.1. The van der Waals surface area contributed by atoms with Crippen molar-refractivity contribution in [2.45, 2.75) is 117 Å². The van der Waals surface area contributed by atoms with Crippen molar-refractivity contribution in [3.8, 4) is 0 Å². The van der Waals surface area contributed by atoms with E-state index in [-0.39, 0.29) is 0 Å². The smallest absolute Gasteiger partial charge is 0.0782 e. The molecule has 0 saturated carbocycles. The molecule has 0 amide bonds. The van der Waals surface area contributed by atoms with E-state index in [9.17, 15) is 9.90 Å². The monoisotopic (exact) mass is 473 g/mol. The third kappa shape index (κ3) is 23.5. The van der Waals surface area contributed by atoms with Crippen molar-refractivity contribution in [2.75, 3.05) is 27.2 Å². The second kappa shape index (κ2) is 23.1. The number of quaternary nitrogens is 1. The van der Waals surface area contributed by atoms with E-state index < -0.39 is 5.97 Å². The Kier molecular flexibility index (Phi) is 22.1. The third-order valence-electron chi connectivity index (χ3n) is 6.45. The molecular weight excluding hydrogens is 418 g/mol. The van der Waals surface area contributed by atoms with Gasteiger partial charge in [-0.25, -0.2) is 0 Å². The highest BCUT2D eigenvalue weighted by molar-refractivity contribution is 5.83. The largest absolute Gasteiger partial charge is 0.545 e. The molecule has 0 radical (unpaired) electrons. The standard InChI is InChI=1S/C22H48N.C9H8O2/c1-5-7-9-11-13-15-17-19-21-23(3,4)22-20-18-16-14-12-10-8-6-2;10-9(11)7-6-8-4-2-1-3-5-8/h5-22H2,1-4H3;1-7H,(H,10,11)/q+1;/p-1/b;7-6+. The highest BCUT2D eigenvalue weighted by Crippen LogP contribution is 2.13. The van der Waals surface area contributed by atoms with E-state index in [2.05, 4.69) is 27.9 Å². The minimum atomic E-state index is -1.17. The van der Waals surface area contributed by atoms with Crippen molar-refractivity contribution in [2.24, 2.45) is 0 Å². The Labute approximate surface area is 212 Å². The van der Waals surface area contributed by atoms with Gasteiger partial charge in [-0.15, -0.1) is 0 Å². The highest BCUT2D eigenvalue weighted by atomic mass is 16.4. The predicted molar refractivity (Wildman–Crippen MR) is 148 cm³/mol. The normalized spacial score (nSPS) is 11.4. The first kappa shape index (κ1) is 32.4. The molecule has 0 aliphatic carbocycles. The van der Waals surface area contributed by atoms with Crippen LogP contribution in [0.5, 0.6) is 0 Å². The van der Waals surface area contributed by atoms with Gasteiger partial charge < -0.3 is 14.4 Å². The first-order valence-electron chi connectivity index (χ1n) is 14.2. The fourth-order valence-corrected chi connectivity index (χ4v) is 4.19. The number of nitrogens with zero attached hydrogens (tertiary/aromatic N) is 1. The quantitative estimate of drug-likeness (QED) is 0.110. The van der Waals surface area contributed by atoms with E-state index in [4.69, 9.17) is 0 Å². The molecule has 0 unspecified atom stereocenters. The number of benzene rings is 1. The lowest BCUT2D eigenvalue weighted by Crippen LogP contribution is -2.41. The Hall–Kier alpha value is -1.61. The molecule has 0 aliphatic heterocycles. The maximum absolute atomic E-state index is 9.97. The van der Waals surface area contributed by atoms with Crippen LogP contribution in [0.2, 0.25) is 0 Å². The first-order valence-corrected chi connectivity index (χ1v) is 14.2. The number of rotatable bonds is 20. The van der Waals surface area contributed by atoms with Crippen LogP contribution in [0.25, 0.3) is 6.08 Å². The van der Waals surface area contributed by atoms with Gasteiger partial charge in [0.2, 0.25) is 0 Å². The van der Waals surface area contributed by atoms with Gasteiger partial charge in [-0.1, -0.05) is 127 Å². The van der Waals surface area contributed by atoms with Crippen molar-refractivity contribution in [3.63, 3.8) is 0 Å². The first-order chi connectivity index (χ1) is 16.4. The van der Waals surface area contributed by atoms with Gasteiger partial charge in [0.1, 0.15) is 0 Å². The predicted octanol–water partition coefficient (Wildman–Crippen LogP) is 7.79. The van der Waals surface area contributed by atoms with Gasteiger partial charge in [-0.2, -0.15) is 0 Å². The van der Waals surface area contributed by atoms with Crippen LogP contribution in [0, 0.1) is 0 Å². The van der Waals surface area contributed by atoms with Gasteiger partial charge >= 0.3 is 0 Å². The summed E-state index contributed by atoms with van der Waals surface area (Å²) in [6.07, 6.45) is 25.5. The summed E-state index contributed by atoms with van der Waals surface area (Å²) in [6, 6.07) is 9.19. The van der Waals surface area contributed by atoms with E-state index in [0.29, 0.717) is 0 Å². The summed E-state index contributed by atoms with van der Waals surface area (Å²) in [5, 5.41) is 9.97. The average molecular weight is 474 g/mol. The van der Waals surface area contributed by atoms with E-state index in [1.54, 1.807) is 0 Å². The number of carboxylic acid groups (broad SMARTS) is 1. The summed E-state index contributed by atoms with van der Waals surface area (Å²) in [7, 11) is 4.87. The second-order valence-corrected chi connectivity index (χ2v) is 10.4. The summed E-state index contributed by atoms with van der Waals surface area (Å²) < 4.78 is 1.24. The zero-order valence-electron chi connectivity index (χ0n) is 23.0. The molecule has 3 heteroatoms. The molecule has 1 rings (SSSR count). The molecule has 0 N–H and O–H groups in total. The van der Waals surface area contributed by atoms with E-state index in [0.717, 1.165) is 11.6 Å². The molecule has 0 bridgehead atoms. The molecule has 0 heterocycles. The molecule has 0 aromatic heterocycles. The lowest BCUT2D eigenvalue weighted by molar-refractivity contribution is -0.890. The number of carbonyl (C=O) groups is 1. The number of hydrogen-bond donors (Lipinski definition) is 0. The van der Waals surface area contributed by atoms with E-state index in [1.807, 2.05) is 30.3 Å². The van der Waals surface area contributed by atoms with Crippen LogP contribution in [0.3, 0.4) is 0 Å². The summed E-state index contributed by atoms with van der Waals surface area (Å²) in [4.78, 5) is 9.97. The van der Waals surface area contributed by atoms with Crippen LogP contribution in [0.4, 0.5) is 0 Å². The number of carboxylic acids is 1. The van der Waals surface area contributed by atoms with Gasteiger partial charge in [0.15, 0.2) is 0 Å². The van der Waals surface area contributed by atoms with Crippen molar-refractivity contribution in [1.82, 2.24) is 0 Å². The lowest BCUT2D eigenvalue weighted by Gasteiger charge is -2.30. The van der Waals surface area contributed by atoms with Gasteiger partial charge in [0.25, 0.3) is 0 Å². The molecule has 0 spiro atoms. The van der Waals surface area contributed by atoms with Crippen LogP contribution in [0.15, 0.2) is 36.4 Å². The minimum Gasteiger partial charge on any atom is -0.545 e. The van der Waals surface area contributed by atoms with Crippen LogP contribution in [0.1, 0.15) is 122 Å². The van der Waals surface area contributed by atoms with E-state index in [1.165, 1.54) is 126 Å². The van der Waals surface area contributed by atoms with Crippen LogP contribution >= 0.6 is 0 Å². The van der Waals surface area contributed by atoms with Gasteiger partial charge in [-0.3, -0.25) is 0 Å². The number of aliphatic carboxylic acids is 1. The van der Waals surface area contributed by atoms with Gasteiger partial charge in [0, 0.05) is 0 Å². The van der Waals surface area contributed by atoms with Crippen LogP contribution < -0.4 is 5.11 Å². The number of unbranched alkanes of at least 4 members (excludes halogenated alkanes) is 14. The Balaban J connectivity index is 0.000000818. The summed E-state index contributed by atoms with van der Waals surface area (Å²) >= 11 is 0. The fourth-order valence-electron chi connectivity index (χ4n) is 4.19. The number of hydrogen-bond acceptors (Lipinski definition) is 2. The van der Waals surface area contributed by atoms with Gasteiger partial charge in [0.05, 0.1) is 33.2 Å². The average Bonchev–Trinajstić information content (AvgIpc) is 2.82. The van der Waals surface area contributed by atoms with Crippen molar-refractivity contribution in [3.05, 3.63) is 42.0 Å².